The Morgan fingerprint density at radius 3 is 2.72 bits per heavy atom. The van der Waals surface area contributed by atoms with Gasteiger partial charge in [-0.05, 0) is 30.5 Å². The number of anilines is 1. The fourth-order valence-electron chi connectivity index (χ4n) is 1.97. The fourth-order valence-corrected chi connectivity index (χ4v) is 2.33. The second kappa shape index (κ2) is 5.10. The molecule has 1 atom stereocenters. The Hall–Kier alpha value is -1.36. The van der Waals surface area contributed by atoms with Gasteiger partial charge in [0.25, 0.3) is 5.91 Å². The van der Waals surface area contributed by atoms with E-state index in [-0.39, 0.29) is 11.8 Å². The summed E-state index contributed by atoms with van der Waals surface area (Å²) in [6.07, 6.45) is 0.632. The van der Waals surface area contributed by atoms with E-state index in [0.29, 0.717) is 23.6 Å². The van der Waals surface area contributed by atoms with Gasteiger partial charge < -0.3 is 10.6 Å². The first-order chi connectivity index (χ1) is 8.47. The summed E-state index contributed by atoms with van der Waals surface area (Å²) >= 11 is 3.32. The third-order valence-corrected chi connectivity index (χ3v) is 3.31. The predicted molar refractivity (Wildman–Crippen MR) is 73.5 cm³/mol. The van der Waals surface area contributed by atoms with Crippen molar-refractivity contribution in [2.45, 2.75) is 26.3 Å². The Labute approximate surface area is 114 Å². The van der Waals surface area contributed by atoms with E-state index in [1.54, 1.807) is 18.2 Å². The molecule has 18 heavy (non-hydrogen) atoms. The minimum atomic E-state index is -0.469. The minimum Gasteiger partial charge on any atom is -0.340 e. The first-order valence-corrected chi connectivity index (χ1v) is 6.68. The molecule has 0 bridgehead atoms. The molecule has 1 unspecified atom stereocenters. The van der Waals surface area contributed by atoms with Gasteiger partial charge in [-0.15, -0.1) is 0 Å². The van der Waals surface area contributed by atoms with Crippen molar-refractivity contribution in [2.24, 2.45) is 5.92 Å². The van der Waals surface area contributed by atoms with Crippen molar-refractivity contribution in [3.05, 3.63) is 28.2 Å². The van der Waals surface area contributed by atoms with Crippen LogP contribution in [0.1, 0.15) is 30.6 Å². The van der Waals surface area contributed by atoms with Crippen LogP contribution in [0.5, 0.6) is 0 Å². The maximum Gasteiger partial charge on any atom is 0.254 e. The molecule has 0 aromatic heterocycles. The van der Waals surface area contributed by atoms with E-state index in [0.717, 1.165) is 4.47 Å². The Kier molecular flexibility index (Phi) is 3.71. The SMILES string of the molecule is CC(C)CC1NC(=O)c2cc(Br)ccc2NC1=O. The molecule has 2 N–H and O–H groups in total. The molecule has 1 heterocycles. The zero-order chi connectivity index (χ0) is 13.3. The van der Waals surface area contributed by atoms with Crippen LogP contribution < -0.4 is 10.6 Å². The van der Waals surface area contributed by atoms with Crippen LogP contribution in [-0.4, -0.2) is 17.9 Å². The summed E-state index contributed by atoms with van der Waals surface area (Å²) in [7, 11) is 0. The van der Waals surface area contributed by atoms with E-state index in [2.05, 4.69) is 26.6 Å². The number of hydrogen-bond donors (Lipinski definition) is 2. The summed E-state index contributed by atoms with van der Waals surface area (Å²) in [6.45, 7) is 4.04. The van der Waals surface area contributed by atoms with E-state index < -0.39 is 6.04 Å². The summed E-state index contributed by atoms with van der Waals surface area (Å²) in [5, 5.41) is 5.56. The number of hydrogen-bond acceptors (Lipinski definition) is 2. The van der Waals surface area contributed by atoms with Gasteiger partial charge >= 0.3 is 0 Å². The van der Waals surface area contributed by atoms with Crippen molar-refractivity contribution in [3.63, 3.8) is 0 Å². The van der Waals surface area contributed by atoms with E-state index in [1.165, 1.54) is 0 Å². The lowest BCUT2D eigenvalue weighted by Gasteiger charge is -2.16. The highest BCUT2D eigenvalue weighted by Gasteiger charge is 2.28. The molecule has 4 nitrogen and oxygen atoms in total. The molecule has 0 spiro atoms. The van der Waals surface area contributed by atoms with E-state index in [1.807, 2.05) is 13.8 Å². The molecule has 2 rings (SSSR count). The summed E-state index contributed by atoms with van der Waals surface area (Å²) < 4.78 is 0.813. The Bertz CT molecular complexity index is 500. The molecule has 0 fully saturated rings. The Morgan fingerprint density at radius 1 is 1.33 bits per heavy atom. The van der Waals surface area contributed by atoms with Gasteiger partial charge in [0, 0.05) is 4.47 Å². The zero-order valence-electron chi connectivity index (χ0n) is 10.3. The van der Waals surface area contributed by atoms with E-state index in [9.17, 15) is 9.59 Å². The van der Waals surface area contributed by atoms with Crippen molar-refractivity contribution in [1.82, 2.24) is 5.32 Å². The maximum atomic E-state index is 12.1. The number of rotatable bonds is 2. The molecule has 96 valence electrons. The first kappa shape index (κ1) is 13.1. The lowest BCUT2D eigenvalue weighted by atomic mass is 10.0. The quantitative estimate of drug-likeness (QED) is 0.882. The van der Waals surface area contributed by atoms with Crippen molar-refractivity contribution in [1.29, 1.82) is 0 Å². The Balaban J connectivity index is 2.32. The van der Waals surface area contributed by atoms with Crippen LogP contribution in [0.4, 0.5) is 5.69 Å². The van der Waals surface area contributed by atoms with E-state index >= 15 is 0 Å². The molecule has 2 amide bonds. The summed E-state index contributed by atoms with van der Waals surface area (Å²) in [6, 6.07) is 4.77. The standard InChI is InChI=1S/C13H15BrN2O2/c1-7(2)5-11-13(18)15-10-4-3-8(14)6-9(10)12(17)16-11/h3-4,6-7,11H,5H2,1-2H3,(H,15,18)(H,16,17). The highest BCUT2D eigenvalue weighted by Crippen LogP contribution is 2.24. The highest BCUT2D eigenvalue weighted by molar-refractivity contribution is 9.10. The molecule has 1 aromatic rings. The van der Waals surface area contributed by atoms with Gasteiger partial charge in [-0.3, -0.25) is 9.59 Å². The van der Waals surface area contributed by atoms with Crippen molar-refractivity contribution < 1.29 is 9.59 Å². The molecule has 1 aliphatic rings. The van der Waals surface area contributed by atoms with Gasteiger partial charge in [0.1, 0.15) is 6.04 Å². The van der Waals surface area contributed by atoms with Crippen LogP contribution in [0.15, 0.2) is 22.7 Å². The summed E-state index contributed by atoms with van der Waals surface area (Å²) in [4.78, 5) is 24.1. The number of carbonyl (C=O) groups is 2. The molecule has 0 aliphatic carbocycles. The molecule has 1 aliphatic heterocycles. The molecular weight excluding hydrogens is 296 g/mol. The number of carbonyl (C=O) groups excluding carboxylic acids is 2. The van der Waals surface area contributed by atoms with Crippen molar-refractivity contribution in [3.8, 4) is 0 Å². The highest BCUT2D eigenvalue weighted by atomic mass is 79.9. The van der Waals surface area contributed by atoms with Crippen LogP contribution in [0.2, 0.25) is 0 Å². The smallest absolute Gasteiger partial charge is 0.254 e. The monoisotopic (exact) mass is 310 g/mol. The lowest BCUT2D eigenvalue weighted by molar-refractivity contribution is -0.118. The van der Waals surface area contributed by atoms with Crippen molar-refractivity contribution in [2.75, 3.05) is 5.32 Å². The van der Waals surface area contributed by atoms with Gasteiger partial charge in [0.15, 0.2) is 0 Å². The molecule has 5 heteroatoms. The average molecular weight is 311 g/mol. The first-order valence-electron chi connectivity index (χ1n) is 5.88. The van der Waals surface area contributed by atoms with Crippen LogP contribution in [0.25, 0.3) is 0 Å². The Morgan fingerprint density at radius 2 is 2.06 bits per heavy atom. The molecule has 0 saturated carbocycles. The topological polar surface area (TPSA) is 58.2 Å². The second-order valence-corrected chi connectivity index (χ2v) is 5.75. The lowest BCUT2D eigenvalue weighted by Crippen LogP contribution is -2.41. The van der Waals surface area contributed by atoms with Crippen LogP contribution in [0.3, 0.4) is 0 Å². The van der Waals surface area contributed by atoms with Gasteiger partial charge in [0.05, 0.1) is 11.3 Å². The van der Waals surface area contributed by atoms with Crippen LogP contribution >= 0.6 is 15.9 Å². The molecule has 0 radical (unpaired) electrons. The summed E-state index contributed by atoms with van der Waals surface area (Å²) in [5.74, 6) is -0.0255. The van der Waals surface area contributed by atoms with Gasteiger partial charge in [-0.25, -0.2) is 0 Å². The van der Waals surface area contributed by atoms with Gasteiger partial charge in [-0.2, -0.15) is 0 Å². The molecular formula is C13H15BrN2O2. The number of amides is 2. The predicted octanol–water partition coefficient (Wildman–Crippen LogP) is 2.55. The van der Waals surface area contributed by atoms with Gasteiger partial charge in [-0.1, -0.05) is 29.8 Å². The largest absolute Gasteiger partial charge is 0.340 e. The molecule has 0 saturated heterocycles. The minimum absolute atomic E-state index is 0.155. The maximum absolute atomic E-state index is 12.1. The van der Waals surface area contributed by atoms with E-state index in [4.69, 9.17) is 0 Å². The molecule has 1 aromatic carbocycles. The number of halogens is 1. The zero-order valence-corrected chi connectivity index (χ0v) is 11.9. The number of benzene rings is 1. The third kappa shape index (κ3) is 2.72. The van der Waals surface area contributed by atoms with Crippen LogP contribution in [-0.2, 0) is 4.79 Å². The van der Waals surface area contributed by atoms with Gasteiger partial charge in [0.2, 0.25) is 5.91 Å². The van der Waals surface area contributed by atoms with Crippen molar-refractivity contribution >= 4 is 33.4 Å². The number of nitrogens with one attached hydrogen (secondary N) is 2. The number of fused-ring (bicyclic) bond motifs is 1. The third-order valence-electron chi connectivity index (χ3n) is 2.81. The normalized spacial score (nSPS) is 19.0. The fraction of sp³-hybridized carbons (Fsp3) is 0.385. The second-order valence-electron chi connectivity index (χ2n) is 4.83. The average Bonchev–Trinajstić information content (AvgIpc) is 2.39. The summed E-state index contributed by atoms with van der Waals surface area (Å²) in [5.41, 5.74) is 1.05. The van der Waals surface area contributed by atoms with Crippen LogP contribution in [0, 0.1) is 5.92 Å².